The zero-order valence-electron chi connectivity index (χ0n) is 18.2. The minimum Gasteiger partial charge on any atom is -0.434 e. The van der Waals surface area contributed by atoms with E-state index in [1.807, 2.05) is 19.1 Å². The summed E-state index contributed by atoms with van der Waals surface area (Å²) in [5.41, 5.74) is 2.47. The van der Waals surface area contributed by atoms with Gasteiger partial charge in [0.15, 0.2) is 10.9 Å². The van der Waals surface area contributed by atoms with Crippen molar-refractivity contribution in [1.82, 2.24) is 9.55 Å². The van der Waals surface area contributed by atoms with Gasteiger partial charge < -0.3 is 4.74 Å². The number of rotatable bonds is 7. The van der Waals surface area contributed by atoms with Gasteiger partial charge in [0.05, 0.1) is 27.9 Å². The van der Waals surface area contributed by atoms with Gasteiger partial charge in [-0.05, 0) is 56.3 Å². The molecule has 0 N–H and O–H groups in total. The maximum Gasteiger partial charge on any atom is 0.387 e. The van der Waals surface area contributed by atoms with Crippen LogP contribution in [0.25, 0.3) is 16.6 Å². The summed E-state index contributed by atoms with van der Waals surface area (Å²) in [5, 5.41) is 1.08. The van der Waals surface area contributed by atoms with Crippen LogP contribution in [0.1, 0.15) is 21.5 Å². The van der Waals surface area contributed by atoms with Crippen LogP contribution in [0.4, 0.5) is 8.78 Å². The van der Waals surface area contributed by atoms with Crippen LogP contribution < -0.4 is 10.3 Å². The van der Waals surface area contributed by atoms with Gasteiger partial charge in [0.1, 0.15) is 5.75 Å². The maximum atomic E-state index is 13.4. The number of hydrogen-bond acceptors (Lipinski definition) is 5. The molecule has 3 aromatic carbocycles. The minimum atomic E-state index is -3.06. The second kappa shape index (κ2) is 9.95. The quantitative estimate of drug-likeness (QED) is 0.171. The molecule has 0 amide bonds. The SMILES string of the molecule is Cc1ccc(-n2c(SCC(=O)c3cc(C)ccc3OC(F)F)nc3cc(Cl)ccc3c2=O)cc1. The number of thioether (sulfide) groups is 1. The van der Waals surface area contributed by atoms with Crippen LogP contribution in [-0.2, 0) is 0 Å². The van der Waals surface area contributed by atoms with Crippen molar-refractivity contribution >= 4 is 40.0 Å². The number of aromatic nitrogens is 2. The highest BCUT2D eigenvalue weighted by Gasteiger charge is 2.19. The van der Waals surface area contributed by atoms with Crippen molar-refractivity contribution in [2.45, 2.75) is 25.6 Å². The summed E-state index contributed by atoms with van der Waals surface area (Å²) in [6.45, 7) is 0.628. The number of halogens is 3. The van der Waals surface area contributed by atoms with Crippen molar-refractivity contribution in [2.24, 2.45) is 0 Å². The van der Waals surface area contributed by atoms with Crippen LogP contribution in [0.2, 0.25) is 5.02 Å². The number of benzene rings is 3. The van der Waals surface area contributed by atoms with E-state index in [9.17, 15) is 18.4 Å². The lowest BCUT2D eigenvalue weighted by atomic mass is 10.1. The van der Waals surface area contributed by atoms with Gasteiger partial charge in [0.25, 0.3) is 5.56 Å². The lowest BCUT2D eigenvalue weighted by Crippen LogP contribution is -2.22. The standard InChI is InChI=1S/C25H19ClF2N2O3S/c1-14-3-7-17(8-4-14)30-23(32)18-9-6-16(26)12-20(18)29-25(30)34-13-21(31)19-11-15(2)5-10-22(19)33-24(27)28/h3-12,24H,13H2,1-2H3. The minimum absolute atomic E-state index is 0.0425. The van der Waals surface area contributed by atoms with E-state index >= 15 is 0 Å². The fourth-order valence-corrected chi connectivity index (χ4v) is 4.49. The van der Waals surface area contributed by atoms with E-state index in [-0.39, 0.29) is 27.8 Å². The Labute approximate surface area is 203 Å². The van der Waals surface area contributed by atoms with Crippen LogP contribution >= 0.6 is 23.4 Å². The predicted molar refractivity (Wildman–Crippen MR) is 130 cm³/mol. The van der Waals surface area contributed by atoms with E-state index in [2.05, 4.69) is 9.72 Å². The molecule has 0 saturated carbocycles. The third kappa shape index (κ3) is 5.13. The third-order valence-corrected chi connectivity index (χ3v) is 6.25. The topological polar surface area (TPSA) is 61.2 Å². The molecule has 0 unspecified atom stereocenters. The van der Waals surface area contributed by atoms with Gasteiger partial charge in [-0.1, -0.05) is 52.7 Å². The normalized spacial score (nSPS) is 11.2. The summed E-state index contributed by atoms with van der Waals surface area (Å²) >= 11 is 7.13. The molecule has 174 valence electrons. The first-order chi connectivity index (χ1) is 16.2. The molecule has 0 spiro atoms. The number of hydrogen-bond donors (Lipinski definition) is 0. The average molecular weight is 501 g/mol. The Hall–Kier alpha value is -3.23. The van der Waals surface area contributed by atoms with E-state index in [1.165, 1.54) is 16.7 Å². The first kappa shape index (κ1) is 23.9. The number of ether oxygens (including phenoxy) is 1. The molecule has 0 aliphatic heterocycles. The molecule has 1 heterocycles. The van der Waals surface area contributed by atoms with Crippen LogP contribution in [0.3, 0.4) is 0 Å². The van der Waals surface area contributed by atoms with E-state index in [1.54, 1.807) is 43.3 Å². The highest BCUT2D eigenvalue weighted by molar-refractivity contribution is 7.99. The number of aryl methyl sites for hydroxylation is 2. The molecule has 0 saturated heterocycles. The summed E-state index contributed by atoms with van der Waals surface area (Å²) in [6, 6.07) is 16.6. The number of fused-ring (bicyclic) bond motifs is 1. The zero-order valence-corrected chi connectivity index (χ0v) is 19.8. The van der Waals surface area contributed by atoms with Crippen LogP contribution in [0.5, 0.6) is 5.75 Å². The number of ketones is 1. The van der Waals surface area contributed by atoms with Crippen LogP contribution in [0.15, 0.2) is 70.6 Å². The predicted octanol–water partition coefficient (Wildman–Crippen LogP) is 6.23. The third-order valence-electron chi connectivity index (χ3n) is 5.08. The van der Waals surface area contributed by atoms with Crippen LogP contribution in [0, 0.1) is 13.8 Å². The number of alkyl halides is 2. The molecule has 34 heavy (non-hydrogen) atoms. The van der Waals surface area contributed by atoms with Crippen molar-refractivity contribution in [2.75, 3.05) is 5.75 Å². The van der Waals surface area contributed by atoms with Crippen molar-refractivity contribution < 1.29 is 18.3 Å². The summed E-state index contributed by atoms with van der Waals surface area (Å²) in [7, 11) is 0. The Kier molecular flexibility index (Phi) is 7.00. The smallest absolute Gasteiger partial charge is 0.387 e. The summed E-state index contributed by atoms with van der Waals surface area (Å²) < 4.78 is 31.6. The zero-order chi connectivity index (χ0) is 24.4. The second-order valence-corrected chi connectivity index (χ2v) is 9.00. The fourth-order valence-electron chi connectivity index (χ4n) is 3.43. The second-order valence-electron chi connectivity index (χ2n) is 7.62. The highest BCUT2D eigenvalue weighted by atomic mass is 35.5. The molecule has 0 radical (unpaired) electrons. The van der Waals surface area contributed by atoms with E-state index in [0.29, 0.717) is 21.6 Å². The summed E-state index contributed by atoms with van der Waals surface area (Å²) in [6.07, 6.45) is 0. The molecule has 9 heteroatoms. The van der Waals surface area contributed by atoms with Crippen molar-refractivity contribution in [3.63, 3.8) is 0 Å². The first-order valence-electron chi connectivity index (χ1n) is 10.2. The molecule has 0 aliphatic rings. The molecular formula is C25H19ClF2N2O3S. The highest BCUT2D eigenvalue weighted by Crippen LogP contribution is 2.27. The lowest BCUT2D eigenvalue weighted by molar-refractivity contribution is -0.0501. The molecule has 4 rings (SSSR count). The molecule has 5 nitrogen and oxygen atoms in total. The first-order valence-corrected chi connectivity index (χ1v) is 11.6. The molecule has 1 aromatic heterocycles. The van der Waals surface area contributed by atoms with Crippen molar-refractivity contribution in [1.29, 1.82) is 0 Å². The number of carbonyl (C=O) groups excluding carboxylic acids is 1. The van der Waals surface area contributed by atoms with Crippen molar-refractivity contribution in [3.05, 3.63) is 92.7 Å². The van der Waals surface area contributed by atoms with E-state index in [0.717, 1.165) is 22.9 Å². The number of nitrogens with zero attached hydrogens (tertiary/aromatic N) is 2. The van der Waals surface area contributed by atoms with Gasteiger partial charge in [-0.3, -0.25) is 14.2 Å². The van der Waals surface area contributed by atoms with E-state index < -0.39 is 12.4 Å². The van der Waals surface area contributed by atoms with Gasteiger partial charge in [-0.25, -0.2) is 4.98 Å². The fraction of sp³-hybridized carbons (Fsp3) is 0.160. The van der Waals surface area contributed by atoms with Gasteiger partial charge in [0, 0.05) is 5.02 Å². The molecule has 0 aliphatic carbocycles. The molecule has 0 bridgehead atoms. The Morgan fingerprint density at radius 3 is 2.47 bits per heavy atom. The van der Waals surface area contributed by atoms with Crippen LogP contribution in [-0.4, -0.2) is 27.7 Å². The molecule has 0 fully saturated rings. The molecule has 0 atom stereocenters. The van der Waals surface area contributed by atoms with Gasteiger partial charge in [-0.15, -0.1) is 0 Å². The summed E-state index contributed by atoms with van der Waals surface area (Å²) in [4.78, 5) is 30.9. The van der Waals surface area contributed by atoms with Crippen molar-refractivity contribution in [3.8, 4) is 11.4 Å². The number of Topliss-reactive ketones (excluding diaryl/α,β-unsaturated/α-hetero) is 1. The van der Waals surface area contributed by atoms with Gasteiger partial charge >= 0.3 is 6.61 Å². The largest absolute Gasteiger partial charge is 0.434 e. The maximum absolute atomic E-state index is 13.4. The van der Waals surface area contributed by atoms with Gasteiger partial charge in [0.2, 0.25) is 0 Å². The number of carbonyl (C=O) groups is 1. The average Bonchev–Trinajstić information content (AvgIpc) is 2.79. The Bertz CT molecular complexity index is 1440. The summed E-state index contributed by atoms with van der Waals surface area (Å²) in [5.74, 6) is -0.770. The lowest BCUT2D eigenvalue weighted by Gasteiger charge is -2.14. The van der Waals surface area contributed by atoms with E-state index in [4.69, 9.17) is 11.6 Å². The Morgan fingerprint density at radius 1 is 1.06 bits per heavy atom. The molecule has 4 aromatic rings. The Balaban J connectivity index is 1.75. The Morgan fingerprint density at radius 2 is 1.76 bits per heavy atom. The monoisotopic (exact) mass is 500 g/mol. The molecular weight excluding hydrogens is 482 g/mol. The van der Waals surface area contributed by atoms with Gasteiger partial charge in [-0.2, -0.15) is 8.78 Å².